The standard InChI is InChI=1S/C17H13BrN2O3/c18-15-9-5-4-8-14(15)17(22)23-12-16(21)20(11-10-19)13-6-2-1-3-7-13/h1-9H,11-12H2. The number of anilines is 1. The molecule has 2 aromatic rings. The van der Waals surface area contributed by atoms with Gasteiger partial charge in [0.15, 0.2) is 6.61 Å². The Bertz CT molecular complexity index is 741. The molecule has 0 saturated heterocycles. The lowest BCUT2D eigenvalue weighted by atomic mass is 10.2. The fraction of sp³-hybridized carbons (Fsp3) is 0.118. The van der Waals surface area contributed by atoms with Crippen LogP contribution in [-0.4, -0.2) is 25.0 Å². The summed E-state index contributed by atoms with van der Waals surface area (Å²) in [4.78, 5) is 25.5. The monoisotopic (exact) mass is 372 g/mol. The summed E-state index contributed by atoms with van der Waals surface area (Å²) in [6.07, 6.45) is 0. The second-order valence-corrected chi connectivity index (χ2v) is 5.38. The molecule has 0 N–H and O–H groups in total. The molecule has 0 aliphatic rings. The van der Waals surface area contributed by atoms with E-state index < -0.39 is 18.5 Å². The van der Waals surface area contributed by atoms with Gasteiger partial charge in [0.2, 0.25) is 0 Å². The van der Waals surface area contributed by atoms with Crippen LogP contribution in [0.15, 0.2) is 59.1 Å². The highest BCUT2D eigenvalue weighted by Gasteiger charge is 2.18. The lowest BCUT2D eigenvalue weighted by Crippen LogP contribution is -2.35. The van der Waals surface area contributed by atoms with Crippen molar-refractivity contribution in [2.45, 2.75) is 0 Å². The van der Waals surface area contributed by atoms with Crippen LogP contribution < -0.4 is 4.90 Å². The van der Waals surface area contributed by atoms with E-state index in [0.29, 0.717) is 15.7 Å². The van der Waals surface area contributed by atoms with Crippen molar-refractivity contribution in [3.8, 4) is 6.07 Å². The van der Waals surface area contributed by atoms with E-state index in [9.17, 15) is 9.59 Å². The molecular weight excluding hydrogens is 360 g/mol. The number of halogens is 1. The first-order valence-electron chi connectivity index (χ1n) is 6.77. The minimum absolute atomic E-state index is 0.116. The zero-order valence-electron chi connectivity index (χ0n) is 12.1. The van der Waals surface area contributed by atoms with Gasteiger partial charge in [-0.15, -0.1) is 0 Å². The van der Waals surface area contributed by atoms with Crippen LogP contribution in [0.5, 0.6) is 0 Å². The van der Waals surface area contributed by atoms with Gasteiger partial charge in [0.25, 0.3) is 5.91 Å². The van der Waals surface area contributed by atoms with Crippen molar-refractivity contribution in [2.75, 3.05) is 18.1 Å². The maximum absolute atomic E-state index is 12.2. The predicted octanol–water partition coefficient (Wildman–Crippen LogP) is 3.16. The van der Waals surface area contributed by atoms with Crippen LogP contribution >= 0.6 is 15.9 Å². The molecule has 23 heavy (non-hydrogen) atoms. The number of carbonyl (C=O) groups is 2. The minimum Gasteiger partial charge on any atom is -0.452 e. The van der Waals surface area contributed by atoms with E-state index in [2.05, 4.69) is 15.9 Å². The average molecular weight is 373 g/mol. The van der Waals surface area contributed by atoms with Crippen LogP contribution in [0.25, 0.3) is 0 Å². The average Bonchev–Trinajstić information content (AvgIpc) is 2.58. The molecule has 6 heteroatoms. The van der Waals surface area contributed by atoms with Crippen LogP contribution in [0.4, 0.5) is 5.69 Å². The molecule has 0 bridgehead atoms. The maximum atomic E-state index is 12.2. The van der Waals surface area contributed by atoms with Crippen molar-refractivity contribution in [1.82, 2.24) is 0 Å². The Morgan fingerprint density at radius 1 is 1.09 bits per heavy atom. The number of rotatable bonds is 5. The van der Waals surface area contributed by atoms with Gasteiger partial charge in [0.1, 0.15) is 6.54 Å². The van der Waals surface area contributed by atoms with E-state index in [1.54, 1.807) is 48.5 Å². The molecular formula is C17H13BrN2O3. The van der Waals surface area contributed by atoms with Crippen molar-refractivity contribution in [2.24, 2.45) is 0 Å². The fourth-order valence-corrected chi connectivity index (χ4v) is 2.36. The first-order chi connectivity index (χ1) is 11.1. The summed E-state index contributed by atoms with van der Waals surface area (Å²) in [5.41, 5.74) is 0.919. The highest BCUT2D eigenvalue weighted by Crippen LogP contribution is 2.17. The SMILES string of the molecule is N#CCN(C(=O)COC(=O)c1ccccc1Br)c1ccccc1. The van der Waals surface area contributed by atoms with Crippen molar-refractivity contribution < 1.29 is 14.3 Å². The summed E-state index contributed by atoms with van der Waals surface area (Å²) in [7, 11) is 0. The Labute approximate surface area is 142 Å². The number of nitrogens with zero attached hydrogens (tertiary/aromatic N) is 2. The molecule has 0 saturated carbocycles. The van der Waals surface area contributed by atoms with Gasteiger partial charge in [0.05, 0.1) is 11.6 Å². The zero-order chi connectivity index (χ0) is 16.7. The van der Waals surface area contributed by atoms with E-state index in [4.69, 9.17) is 10.00 Å². The van der Waals surface area contributed by atoms with Gasteiger partial charge in [-0.25, -0.2) is 4.79 Å². The van der Waals surface area contributed by atoms with Gasteiger partial charge in [-0.05, 0) is 40.2 Å². The van der Waals surface area contributed by atoms with E-state index in [1.807, 2.05) is 12.1 Å². The number of hydrogen-bond donors (Lipinski definition) is 0. The summed E-state index contributed by atoms with van der Waals surface area (Å²) >= 11 is 3.26. The third-order valence-electron chi connectivity index (χ3n) is 3.02. The summed E-state index contributed by atoms with van der Waals surface area (Å²) < 4.78 is 5.64. The topological polar surface area (TPSA) is 70.4 Å². The van der Waals surface area contributed by atoms with Crippen LogP contribution in [0, 0.1) is 11.3 Å². The molecule has 2 rings (SSSR count). The fourth-order valence-electron chi connectivity index (χ4n) is 1.91. The van der Waals surface area contributed by atoms with Crippen LogP contribution in [0.1, 0.15) is 10.4 Å². The molecule has 0 aliphatic carbocycles. The quantitative estimate of drug-likeness (QED) is 0.596. The Morgan fingerprint density at radius 2 is 1.74 bits per heavy atom. The number of hydrogen-bond acceptors (Lipinski definition) is 4. The molecule has 0 heterocycles. The summed E-state index contributed by atoms with van der Waals surface area (Å²) in [5, 5.41) is 8.88. The molecule has 1 amide bonds. The van der Waals surface area contributed by atoms with E-state index in [1.165, 1.54) is 4.90 Å². The lowest BCUT2D eigenvalue weighted by Gasteiger charge is -2.19. The Hall–Kier alpha value is -2.65. The van der Waals surface area contributed by atoms with Gasteiger partial charge in [-0.2, -0.15) is 5.26 Å². The van der Waals surface area contributed by atoms with Gasteiger partial charge < -0.3 is 4.74 Å². The molecule has 5 nitrogen and oxygen atoms in total. The van der Waals surface area contributed by atoms with Crippen molar-refractivity contribution in [3.05, 3.63) is 64.6 Å². The first-order valence-corrected chi connectivity index (χ1v) is 7.57. The van der Waals surface area contributed by atoms with Crippen molar-refractivity contribution in [1.29, 1.82) is 5.26 Å². The molecule has 0 unspecified atom stereocenters. The normalized spacial score (nSPS) is 9.74. The minimum atomic E-state index is -0.601. The number of nitriles is 1. The van der Waals surface area contributed by atoms with Crippen molar-refractivity contribution >= 4 is 33.5 Å². The molecule has 0 spiro atoms. The van der Waals surface area contributed by atoms with Gasteiger partial charge in [0, 0.05) is 10.2 Å². The Kier molecular flexibility index (Phi) is 5.89. The van der Waals surface area contributed by atoms with Gasteiger partial charge in [-0.1, -0.05) is 30.3 Å². The highest BCUT2D eigenvalue weighted by molar-refractivity contribution is 9.10. The van der Waals surface area contributed by atoms with Crippen LogP contribution in [0.3, 0.4) is 0 Å². The molecule has 0 aromatic heterocycles. The number of ether oxygens (including phenoxy) is 1. The lowest BCUT2D eigenvalue weighted by molar-refractivity contribution is -0.121. The number of amides is 1. The molecule has 2 aromatic carbocycles. The maximum Gasteiger partial charge on any atom is 0.339 e. The number of benzene rings is 2. The molecule has 0 atom stereocenters. The number of carbonyl (C=O) groups excluding carboxylic acids is 2. The van der Waals surface area contributed by atoms with Gasteiger partial charge >= 0.3 is 5.97 Å². The van der Waals surface area contributed by atoms with Gasteiger partial charge in [-0.3, -0.25) is 9.69 Å². The molecule has 0 aliphatic heterocycles. The summed E-state index contributed by atoms with van der Waals surface area (Å²) in [6.45, 7) is -0.549. The highest BCUT2D eigenvalue weighted by atomic mass is 79.9. The van der Waals surface area contributed by atoms with Crippen LogP contribution in [-0.2, 0) is 9.53 Å². The smallest absolute Gasteiger partial charge is 0.339 e. The first kappa shape index (κ1) is 16.7. The summed E-state index contributed by atoms with van der Waals surface area (Å²) in [5.74, 6) is -1.06. The van der Waals surface area contributed by atoms with Crippen LogP contribution in [0.2, 0.25) is 0 Å². The molecule has 116 valence electrons. The molecule has 0 radical (unpaired) electrons. The Balaban J connectivity index is 2.04. The third kappa shape index (κ3) is 4.41. The number of para-hydroxylation sites is 1. The van der Waals surface area contributed by atoms with Crippen molar-refractivity contribution in [3.63, 3.8) is 0 Å². The van der Waals surface area contributed by atoms with E-state index in [-0.39, 0.29) is 6.54 Å². The molecule has 0 fully saturated rings. The second-order valence-electron chi connectivity index (χ2n) is 4.53. The third-order valence-corrected chi connectivity index (χ3v) is 3.71. The zero-order valence-corrected chi connectivity index (χ0v) is 13.7. The second kappa shape index (κ2) is 8.11. The number of esters is 1. The largest absolute Gasteiger partial charge is 0.452 e. The Morgan fingerprint density at radius 3 is 2.39 bits per heavy atom. The summed E-state index contributed by atoms with van der Waals surface area (Å²) in [6, 6.07) is 17.5. The van der Waals surface area contributed by atoms with E-state index in [0.717, 1.165) is 0 Å². The predicted molar refractivity (Wildman–Crippen MR) is 88.8 cm³/mol. The van der Waals surface area contributed by atoms with E-state index >= 15 is 0 Å².